The zero-order valence-electron chi connectivity index (χ0n) is 11.5. The molecule has 0 spiro atoms. The van der Waals surface area contributed by atoms with Crippen LogP contribution in [0.3, 0.4) is 0 Å². The van der Waals surface area contributed by atoms with Crippen LogP contribution in [-0.4, -0.2) is 30.9 Å². The summed E-state index contributed by atoms with van der Waals surface area (Å²) in [5.41, 5.74) is 1.23. The third kappa shape index (κ3) is 4.59. The van der Waals surface area contributed by atoms with Crippen molar-refractivity contribution in [3.05, 3.63) is 41.2 Å². The third-order valence-corrected chi connectivity index (χ3v) is 5.61. The third-order valence-electron chi connectivity index (χ3n) is 2.86. The molecule has 1 atom stereocenters. The first-order valence-electron chi connectivity index (χ1n) is 6.41. The van der Waals surface area contributed by atoms with Gasteiger partial charge in [-0.1, -0.05) is 6.92 Å². The van der Waals surface area contributed by atoms with E-state index in [9.17, 15) is 12.8 Å². The quantitative estimate of drug-likeness (QED) is 0.884. The Bertz CT molecular complexity index is 695. The van der Waals surface area contributed by atoms with Crippen LogP contribution < -0.4 is 0 Å². The van der Waals surface area contributed by atoms with Gasteiger partial charge in [-0.05, 0) is 30.2 Å². The second-order valence-corrected chi connectivity index (χ2v) is 7.96. The lowest BCUT2D eigenvalue weighted by atomic mass is 10.2. The highest BCUT2D eigenvalue weighted by atomic mass is 32.2. The van der Waals surface area contributed by atoms with Crippen LogP contribution in [-0.2, 0) is 15.6 Å². The largest absolute Gasteiger partial charge is 0.396 e. The molecular weight excluding hydrogens is 313 g/mol. The fourth-order valence-electron chi connectivity index (χ4n) is 1.87. The molecule has 1 aromatic heterocycles. The number of halogens is 1. The molecule has 1 N–H and O–H groups in total. The summed E-state index contributed by atoms with van der Waals surface area (Å²) in [6.45, 7) is 1.53. The molecule has 21 heavy (non-hydrogen) atoms. The molecule has 0 saturated carbocycles. The molecule has 0 amide bonds. The van der Waals surface area contributed by atoms with Crippen molar-refractivity contribution in [2.45, 2.75) is 12.7 Å². The van der Waals surface area contributed by atoms with E-state index < -0.39 is 9.84 Å². The Morgan fingerprint density at radius 1 is 1.33 bits per heavy atom. The number of thiazole rings is 1. The van der Waals surface area contributed by atoms with Crippen molar-refractivity contribution in [1.82, 2.24) is 4.98 Å². The zero-order chi connectivity index (χ0) is 15.5. The van der Waals surface area contributed by atoms with Crippen LogP contribution in [0.2, 0.25) is 0 Å². The highest BCUT2D eigenvalue weighted by Gasteiger charge is 2.18. The Hall–Kier alpha value is -1.31. The van der Waals surface area contributed by atoms with Crippen molar-refractivity contribution in [1.29, 1.82) is 0 Å². The summed E-state index contributed by atoms with van der Waals surface area (Å²) in [6, 6.07) is 5.91. The number of benzene rings is 1. The minimum Gasteiger partial charge on any atom is -0.396 e. The second-order valence-electron chi connectivity index (χ2n) is 4.99. The number of aliphatic hydroxyl groups is 1. The van der Waals surface area contributed by atoms with Gasteiger partial charge in [0.05, 0.1) is 17.2 Å². The molecule has 7 heteroatoms. The lowest BCUT2D eigenvalue weighted by Crippen LogP contribution is -2.18. The van der Waals surface area contributed by atoms with Crippen molar-refractivity contribution in [2.24, 2.45) is 5.92 Å². The van der Waals surface area contributed by atoms with Gasteiger partial charge in [0.25, 0.3) is 0 Å². The predicted molar refractivity (Wildman–Crippen MR) is 81.2 cm³/mol. The number of aliphatic hydroxyl groups excluding tert-OH is 1. The van der Waals surface area contributed by atoms with E-state index in [2.05, 4.69) is 4.98 Å². The molecule has 0 aliphatic carbocycles. The summed E-state index contributed by atoms with van der Waals surface area (Å²) >= 11 is 1.33. The van der Waals surface area contributed by atoms with Crippen LogP contribution in [0.5, 0.6) is 0 Å². The minimum atomic E-state index is -3.30. The van der Waals surface area contributed by atoms with Gasteiger partial charge >= 0.3 is 0 Å². The molecule has 0 fully saturated rings. The van der Waals surface area contributed by atoms with Gasteiger partial charge in [-0.3, -0.25) is 0 Å². The van der Waals surface area contributed by atoms with Gasteiger partial charge in [-0.15, -0.1) is 11.3 Å². The number of nitrogens with zero attached hydrogens (tertiary/aromatic N) is 1. The average Bonchev–Trinajstić information content (AvgIpc) is 2.86. The molecule has 0 bridgehead atoms. The minimum absolute atomic E-state index is 0.0626. The molecule has 1 heterocycles. The lowest BCUT2D eigenvalue weighted by molar-refractivity contribution is 0.249. The summed E-state index contributed by atoms with van der Waals surface area (Å²) in [4.78, 5) is 4.28. The Morgan fingerprint density at radius 3 is 2.62 bits per heavy atom. The maximum absolute atomic E-state index is 12.9. The number of hydrogen-bond acceptors (Lipinski definition) is 5. The average molecular weight is 329 g/mol. The molecule has 114 valence electrons. The first-order valence-corrected chi connectivity index (χ1v) is 9.11. The van der Waals surface area contributed by atoms with Gasteiger partial charge < -0.3 is 5.11 Å². The molecule has 0 aliphatic heterocycles. The van der Waals surface area contributed by atoms with E-state index in [1.165, 1.54) is 23.5 Å². The Morgan fingerprint density at radius 2 is 2.00 bits per heavy atom. The molecule has 1 aromatic carbocycles. The van der Waals surface area contributed by atoms with Crippen LogP contribution in [0.15, 0.2) is 29.6 Å². The normalized spacial score (nSPS) is 13.3. The van der Waals surface area contributed by atoms with Gasteiger partial charge in [-0.2, -0.15) is 0 Å². The smallest absolute Gasteiger partial charge is 0.156 e. The number of aromatic nitrogens is 1. The Labute approximate surface area is 127 Å². The van der Waals surface area contributed by atoms with Gasteiger partial charge in [0.15, 0.2) is 9.84 Å². The molecule has 0 radical (unpaired) electrons. The van der Waals surface area contributed by atoms with Crippen LogP contribution in [0, 0.1) is 11.7 Å². The summed E-state index contributed by atoms with van der Waals surface area (Å²) in [5, 5.41) is 11.3. The first kappa shape index (κ1) is 16.1. The van der Waals surface area contributed by atoms with Gasteiger partial charge in [0.1, 0.15) is 10.8 Å². The van der Waals surface area contributed by atoms with E-state index >= 15 is 0 Å². The summed E-state index contributed by atoms with van der Waals surface area (Å²) in [7, 11) is -3.30. The van der Waals surface area contributed by atoms with Gasteiger partial charge in [0.2, 0.25) is 0 Å². The molecule has 1 unspecified atom stereocenters. The summed E-state index contributed by atoms with van der Waals surface area (Å²) in [5.74, 6) is -0.816. The Balaban J connectivity index is 2.11. The van der Waals surface area contributed by atoms with Crippen molar-refractivity contribution < 1.29 is 17.9 Å². The SMILES string of the molecule is CC(CO)CS(=O)(=O)Cc1csc(-c2ccc(F)cc2)n1. The summed E-state index contributed by atoms with van der Waals surface area (Å²) in [6.07, 6.45) is 0. The van der Waals surface area contributed by atoms with Crippen molar-refractivity contribution >= 4 is 21.2 Å². The molecule has 0 aliphatic rings. The fraction of sp³-hybridized carbons (Fsp3) is 0.357. The highest BCUT2D eigenvalue weighted by Crippen LogP contribution is 2.25. The monoisotopic (exact) mass is 329 g/mol. The first-order chi connectivity index (χ1) is 9.89. The van der Waals surface area contributed by atoms with Crippen LogP contribution in [0.4, 0.5) is 4.39 Å². The van der Waals surface area contributed by atoms with E-state index in [4.69, 9.17) is 5.11 Å². The molecule has 4 nitrogen and oxygen atoms in total. The van der Waals surface area contributed by atoms with Gasteiger partial charge in [-0.25, -0.2) is 17.8 Å². The predicted octanol–water partition coefficient (Wildman–Crippen LogP) is 2.49. The van der Waals surface area contributed by atoms with E-state index in [0.717, 1.165) is 5.56 Å². The van der Waals surface area contributed by atoms with Crippen molar-refractivity contribution in [3.63, 3.8) is 0 Å². The molecule has 2 aromatic rings. The highest BCUT2D eigenvalue weighted by molar-refractivity contribution is 7.90. The molecule has 0 saturated heterocycles. The van der Waals surface area contributed by atoms with Crippen LogP contribution in [0.1, 0.15) is 12.6 Å². The van der Waals surface area contributed by atoms with E-state index in [1.807, 2.05) is 0 Å². The molecular formula is C14H16FNO3S2. The summed E-state index contributed by atoms with van der Waals surface area (Å²) < 4.78 is 36.8. The lowest BCUT2D eigenvalue weighted by Gasteiger charge is -2.07. The van der Waals surface area contributed by atoms with Crippen LogP contribution in [0.25, 0.3) is 10.6 Å². The number of rotatable bonds is 6. The van der Waals surface area contributed by atoms with Gasteiger partial charge in [0, 0.05) is 17.6 Å². The maximum Gasteiger partial charge on any atom is 0.156 e. The van der Waals surface area contributed by atoms with E-state index in [0.29, 0.717) is 10.7 Å². The topological polar surface area (TPSA) is 67.3 Å². The number of hydrogen-bond donors (Lipinski definition) is 1. The number of sulfone groups is 1. The standard InChI is InChI=1S/C14H16FNO3S2/c1-10(6-17)8-21(18,19)9-13-7-20-14(16-13)11-2-4-12(15)5-3-11/h2-5,7,10,17H,6,8-9H2,1H3. The van der Waals surface area contributed by atoms with E-state index in [-0.39, 0.29) is 29.8 Å². The second kappa shape index (κ2) is 6.64. The van der Waals surface area contributed by atoms with Crippen molar-refractivity contribution in [2.75, 3.05) is 12.4 Å². The molecule has 2 rings (SSSR count). The van der Waals surface area contributed by atoms with E-state index in [1.54, 1.807) is 24.4 Å². The maximum atomic E-state index is 12.9. The van der Waals surface area contributed by atoms with Crippen molar-refractivity contribution in [3.8, 4) is 10.6 Å². The zero-order valence-corrected chi connectivity index (χ0v) is 13.1. The van der Waals surface area contributed by atoms with Crippen LogP contribution >= 0.6 is 11.3 Å². The Kier molecular flexibility index (Phi) is 5.08. The fourth-order valence-corrected chi connectivity index (χ4v) is 4.49.